The fourth-order valence-corrected chi connectivity index (χ4v) is 2.41. The van der Waals surface area contributed by atoms with Crippen molar-refractivity contribution in [1.82, 2.24) is 5.32 Å². The third kappa shape index (κ3) is 3.73. The van der Waals surface area contributed by atoms with Gasteiger partial charge in [0, 0.05) is 11.8 Å². The Labute approximate surface area is 139 Å². The number of Topliss-reactive ketones (excluding diaryl/α,β-unsaturated/α-hetero) is 1. The fraction of sp³-hybridized carbons (Fsp3) is 0.353. The summed E-state index contributed by atoms with van der Waals surface area (Å²) in [5.74, 6) is -0.878. The van der Waals surface area contributed by atoms with Crippen LogP contribution < -0.4 is 22.4 Å². The molecule has 0 saturated carbocycles. The van der Waals surface area contributed by atoms with Crippen molar-refractivity contribution in [2.45, 2.75) is 27.2 Å². The summed E-state index contributed by atoms with van der Waals surface area (Å²) in [6, 6.07) is 4.81. The Hall–Kier alpha value is -2.83. The molecule has 7 heteroatoms. The van der Waals surface area contributed by atoms with Crippen LogP contribution >= 0.6 is 0 Å². The van der Waals surface area contributed by atoms with Gasteiger partial charge in [-0.1, -0.05) is 26.8 Å². The van der Waals surface area contributed by atoms with E-state index in [1.54, 1.807) is 18.2 Å². The molecule has 1 amide bonds. The van der Waals surface area contributed by atoms with E-state index in [2.05, 4.69) is 5.32 Å². The summed E-state index contributed by atoms with van der Waals surface area (Å²) in [6.45, 7) is 5.59. The van der Waals surface area contributed by atoms with Gasteiger partial charge in [-0.05, 0) is 17.5 Å². The number of nitrogen functional groups attached to an aromatic ring is 2. The minimum Gasteiger partial charge on any atom is -0.420 e. The molecule has 0 saturated heterocycles. The minimum atomic E-state index is -0.890. The quantitative estimate of drug-likeness (QED) is 0.577. The van der Waals surface area contributed by atoms with Crippen LogP contribution in [0.25, 0.3) is 11.0 Å². The second-order valence-corrected chi connectivity index (χ2v) is 6.86. The highest BCUT2D eigenvalue weighted by Gasteiger charge is 2.22. The van der Waals surface area contributed by atoms with Crippen LogP contribution in [0.15, 0.2) is 27.4 Å². The number of fused-ring (bicyclic) bond motifs is 1. The van der Waals surface area contributed by atoms with Crippen LogP contribution in [0.4, 0.5) is 11.4 Å². The molecule has 1 aromatic heterocycles. The summed E-state index contributed by atoms with van der Waals surface area (Å²) in [5, 5.41) is 2.80. The van der Waals surface area contributed by atoms with Gasteiger partial charge in [-0.3, -0.25) is 9.59 Å². The van der Waals surface area contributed by atoms with E-state index in [0.717, 1.165) is 0 Å². The van der Waals surface area contributed by atoms with Crippen molar-refractivity contribution in [3.8, 4) is 0 Å². The molecule has 0 aliphatic heterocycles. The lowest BCUT2D eigenvalue weighted by molar-refractivity contribution is -0.119. The third-order valence-corrected chi connectivity index (χ3v) is 3.40. The average Bonchev–Trinajstić information content (AvgIpc) is 2.45. The summed E-state index contributed by atoms with van der Waals surface area (Å²) in [5.41, 5.74) is 10.7. The summed E-state index contributed by atoms with van der Waals surface area (Å²) in [6.07, 6.45) is 0.311. The smallest absolute Gasteiger partial charge is 0.351 e. The molecule has 7 nitrogen and oxygen atoms in total. The summed E-state index contributed by atoms with van der Waals surface area (Å²) >= 11 is 0. The van der Waals surface area contributed by atoms with E-state index in [9.17, 15) is 14.4 Å². The average molecular weight is 331 g/mol. The van der Waals surface area contributed by atoms with Gasteiger partial charge in [0.15, 0.2) is 11.4 Å². The molecule has 128 valence electrons. The summed E-state index contributed by atoms with van der Waals surface area (Å²) in [7, 11) is 0. The Morgan fingerprint density at radius 1 is 1.21 bits per heavy atom. The standard InChI is InChI=1S/C17H21N3O4/c1-17(2,3)7-9(21)8-20-15(22)12-13(19)10-5-4-6-11(18)14(10)24-16(12)23/h4-6H,7-8,18-19H2,1-3H3,(H,20,22). The van der Waals surface area contributed by atoms with Gasteiger partial charge in [-0.25, -0.2) is 4.79 Å². The first kappa shape index (κ1) is 17.5. The largest absolute Gasteiger partial charge is 0.420 e. The van der Waals surface area contributed by atoms with Crippen LogP contribution in [-0.2, 0) is 4.79 Å². The van der Waals surface area contributed by atoms with Crippen LogP contribution in [0.1, 0.15) is 37.6 Å². The van der Waals surface area contributed by atoms with Gasteiger partial charge >= 0.3 is 5.63 Å². The number of para-hydroxylation sites is 1. The van der Waals surface area contributed by atoms with Crippen LogP contribution in [0, 0.1) is 5.41 Å². The maximum atomic E-state index is 12.3. The lowest BCUT2D eigenvalue weighted by atomic mass is 9.90. The van der Waals surface area contributed by atoms with Gasteiger partial charge in [-0.2, -0.15) is 0 Å². The van der Waals surface area contributed by atoms with Crippen LogP contribution in [-0.4, -0.2) is 18.2 Å². The monoisotopic (exact) mass is 331 g/mol. The second-order valence-electron chi connectivity index (χ2n) is 6.86. The number of nitrogens with two attached hydrogens (primary N) is 2. The van der Waals surface area contributed by atoms with Crippen molar-refractivity contribution in [3.05, 3.63) is 34.2 Å². The number of anilines is 2. The first-order chi connectivity index (χ1) is 11.1. The lowest BCUT2D eigenvalue weighted by Crippen LogP contribution is -2.34. The number of carbonyl (C=O) groups excluding carboxylic acids is 2. The molecule has 0 unspecified atom stereocenters. The summed E-state index contributed by atoms with van der Waals surface area (Å²) < 4.78 is 5.11. The van der Waals surface area contributed by atoms with Gasteiger partial charge in [0.25, 0.3) is 5.91 Å². The molecular weight excluding hydrogens is 310 g/mol. The molecule has 0 radical (unpaired) electrons. The lowest BCUT2D eigenvalue weighted by Gasteiger charge is -2.16. The number of hydrogen-bond acceptors (Lipinski definition) is 6. The van der Waals surface area contributed by atoms with E-state index in [1.807, 2.05) is 20.8 Å². The van der Waals surface area contributed by atoms with E-state index < -0.39 is 11.5 Å². The number of benzene rings is 1. The number of ketones is 1. The molecular formula is C17H21N3O4. The molecule has 5 N–H and O–H groups in total. The van der Waals surface area contributed by atoms with Crippen molar-refractivity contribution in [2.75, 3.05) is 18.0 Å². The van der Waals surface area contributed by atoms with Crippen molar-refractivity contribution < 1.29 is 14.0 Å². The van der Waals surface area contributed by atoms with Gasteiger partial charge in [0.2, 0.25) is 0 Å². The summed E-state index contributed by atoms with van der Waals surface area (Å²) in [4.78, 5) is 36.2. The molecule has 1 aromatic carbocycles. The van der Waals surface area contributed by atoms with Crippen molar-refractivity contribution >= 4 is 34.0 Å². The number of rotatable bonds is 4. The number of carbonyl (C=O) groups is 2. The zero-order valence-corrected chi connectivity index (χ0v) is 13.9. The van der Waals surface area contributed by atoms with E-state index in [4.69, 9.17) is 15.9 Å². The maximum Gasteiger partial charge on any atom is 0.351 e. The molecule has 0 fully saturated rings. The topological polar surface area (TPSA) is 128 Å². The Balaban J connectivity index is 2.27. The molecule has 0 spiro atoms. The normalized spacial score (nSPS) is 11.5. The Morgan fingerprint density at radius 2 is 1.88 bits per heavy atom. The zero-order valence-electron chi connectivity index (χ0n) is 13.9. The molecule has 2 rings (SSSR count). The fourth-order valence-electron chi connectivity index (χ4n) is 2.41. The molecule has 0 atom stereocenters. The van der Waals surface area contributed by atoms with E-state index >= 15 is 0 Å². The Bertz CT molecular complexity index is 862. The van der Waals surface area contributed by atoms with Crippen LogP contribution in [0.2, 0.25) is 0 Å². The predicted octanol–water partition coefficient (Wildman–Crippen LogP) is 1.69. The highest BCUT2D eigenvalue weighted by atomic mass is 16.4. The zero-order chi connectivity index (χ0) is 18.1. The van der Waals surface area contributed by atoms with Crippen LogP contribution in [0.5, 0.6) is 0 Å². The maximum absolute atomic E-state index is 12.3. The SMILES string of the molecule is CC(C)(C)CC(=O)CNC(=O)c1c(N)c2cccc(N)c2oc1=O. The first-order valence-corrected chi connectivity index (χ1v) is 7.51. The van der Waals surface area contributed by atoms with E-state index in [-0.39, 0.29) is 40.3 Å². The number of nitrogens with one attached hydrogen (secondary N) is 1. The van der Waals surface area contributed by atoms with Crippen molar-refractivity contribution in [3.63, 3.8) is 0 Å². The molecule has 24 heavy (non-hydrogen) atoms. The highest BCUT2D eigenvalue weighted by molar-refractivity contribution is 6.07. The van der Waals surface area contributed by atoms with Gasteiger partial charge in [0.1, 0.15) is 5.56 Å². The molecule has 0 bridgehead atoms. The van der Waals surface area contributed by atoms with Crippen molar-refractivity contribution in [1.29, 1.82) is 0 Å². The molecule has 2 aromatic rings. The number of amides is 1. The van der Waals surface area contributed by atoms with Crippen LogP contribution in [0.3, 0.4) is 0 Å². The molecule has 1 heterocycles. The number of hydrogen-bond donors (Lipinski definition) is 3. The van der Waals surface area contributed by atoms with E-state index in [1.165, 1.54) is 0 Å². The van der Waals surface area contributed by atoms with E-state index in [0.29, 0.717) is 11.8 Å². The minimum absolute atomic E-state index is 0.0191. The van der Waals surface area contributed by atoms with Gasteiger partial charge in [0.05, 0.1) is 17.9 Å². The van der Waals surface area contributed by atoms with Crippen molar-refractivity contribution in [2.24, 2.45) is 5.41 Å². The van der Waals surface area contributed by atoms with Gasteiger partial charge < -0.3 is 21.2 Å². The third-order valence-electron chi connectivity index (χ3n) is 3.40. The Kier molecular flexibility index (Phi) is 4.64. The predicted molar refractivity (Wildman–Crippen MR) is 92.7 cm³/mol. The first-order valence-electron chi connectivity index (χ1n) is 7.51. The molecule has 0 aliphatic rings. The van der Waals surface area contributed by atoms with Gasteiger partial charge in [-0.15, -0.1) is 0 Å². The Morgan fingerprint density at radius 3 is 2.50 bits per heavy atom. The highest BCUT2D eigenvalue weighted by Crippen LogP contribution is 2.26. The molecule has 0 aliphatic carbocycles. The second kappa shape index (κ2) is 6.35.